The van der Waals surface area contributed by atoms with Crippen LogP contribution in [0.4, 0.5) is 0 Å². The maximum atomic E-state index is 13.3. The number of benzene rings is 1. The molecule has 0 spiro atoms. The summed E-state index contributed by atoms with van der Waals surface area (Å²) < 4.78 is 28.3. The van der Waals surface area contributed by atoms with Crippen LogP contribution in [-0.2, 0) is 10.0 Å². The van der Waals surface area contributed by atoms with Crippen LogP contribution in [0.25, 0.3) is 10.6 Å². The number of hydrogen-bond acceptors (Lipinski definition) is 6. The van der Waals surface area contributed by atoms with E-state index in [1.54, 1.807) is 47.4 Å². The smallest absolute Gasteiger partial charge is 0.253 e. The molecule has 0 aliphatic carbocycles. The molecule has 1 aliphatic rings. The molecule has 32 heavy (non-hydrogen) atoms. The molecule has 166 valence electrons. The molecule has 3 aromatic rings. The van der Waals surface area contributed by atoms with Crippen molar-refractivity contribution >= 4 is 33.1 Å². The summed E-state index contributed by atoms with van der Waals surface area (Å²) in [7, 11) is -3.72. The molecule has 3 heterocycles. The fourth-order valence-corrected chi connectivity index (χ4v) is 6.74. The molecule has 1 aliphatic heterocycles. The molecular formula is C23H23N3O4S2. The summed E-state index contributed by atoms with van der Waals surface area (Å²) in [5.74, 6) is -0.239. The van der Waals surface area contributed by atoms with Crippen LogP contribution in [0.5, 0.6) is 0 Å². The van der Waals surface area contributed by atoms with Crippen molar-refractivity contribution in [3.8, 4) is 10.6 Å². The zero-order chi connectivity index (χ0) is 22.9. The number of hydrogen-bond donors (Lipinski definition) is 0. The minimum atomic E-state index is -3.72. The summed E-state index contributed by atoms with van der Waals surface area (Å²) >= 11 is 1.13. The van der Waals surface area contributed by atoms with E-state index in [0.717, 1.165) is 11.3 Å². The Morgan fingerprint density at radius 2 is 1.75 bits per heavy atom. The molecule has 1 fully saturated rings. The Labute approximate surface area is 191 Å². The first-order valence-corrected chi connectivity index (χ1v) is 12.5. The predicted molar refractivity (Wildman–Crippen MR) is 123 cm³/mol. The number of carbonyl (C=O) groups is 2. The molecule has 1 saturated heterocycles. The lowest BCUT2D eigenvalue weighted by atomic mass is 10.1. The molecule has 7 nitrogen and oxygen atoms in total. The number of amides is 1. The summed E-state index contributed by atoms with van der Waals surface area (Å²) in [4.78, 5) is 31.1. The summed E-state index contributed by atoms with van der Waals surface area (Å²) in [5, 5.41) is 0. The highest BCUT2D eigenvalue weighted by atomic mass is 32.2. The average molecular weight is 470 g/mol. The zero-order valence-corrected chi connectivity index (χ0v) is 19.4. The number of thiophene rings is 1. The average Bonchev–Trinajstić information content (AvgIpc) is 3.30. The van der Waals surface area contributed by atoms with Crippen molar-refractivity contribution in [2.45, 2.75) is 24.1 Å². The molecular weight excluding hydrogens is 446 g/mol. The minimum absolute atomic E-state index is 0.0932. The Kier molecular flexibility index (Phi) is 6.23. The maximum absolute atomic E-state index is 13.3. The van der Waals surface area contributed by atoms with Crippen LogP contribution in [0.1, 0.15) is 34.7 Å². The lowest BCUT2D eigenvalue weighted by molar-refractivity contribution is 0.0642. The van der Waals surface area contributed by atoms with Crippen LogP contribution >= 0.6 is 11.3 Å². The van der Waals surface area contributed by atoms with Gasteiger partial charge in [0.15, 0.2) is 5.78 Å². The predicted octanol–water partition coefficient (Wildman–Crippen LogP) is 3.55. The highest BCUT2D eigenvalue weighted by molar-refractivity contribution is 7.91. The number of ketones is 1. The summed E-state index contributed by atoms with van der Waals surface area (Å²) in [6, 6.07) is 17.1. The third kappa shape index (κ3) is 4.36. The number of piperazine rings is 1. The third-order valence-electron chi connectivity index (χ3n) is 5.38. The van der Waals surface area contributed by atoms with Gasteiger partial charge in [-0.2, -0.15) is 4.31 Å². The van der Waals surface area contributed by atoms with Gasteiger partial charge in [-0.05, 0) is 43.3 Å². The second-order valence-corrected chi connectivity index (χ2v) is 10.9. The third-order valence-corrected chi connectivity index (χ3v) is 8.97. The monoisotopic (exact) mass is 469 g/mol. The molecule has 1 amide bonds. The first kappa shape index (κ1) is 22.3. The Hall–Kier alpha value is -2.88. The molecule has 9 heteroatoms. The van der Waals surface area contributed by atoms with Crippen molar-refractivity contribution < 1.29 is 18.0 Å². The van der Waals surface area contributed by atoms with Gasteiger partial charge in [0.1, 0.15) is 9.90 Å². The van der Waals surface area contributed by atoms with E-state index in [2.05, 4.69) is 4.98 Å². The Bertz CT molecular complexity index is 1260. The van der Waals surface area contributed by atoms with Crippen molar-refractivity contribution in [3.63, 3.8) is 0 Å². The summed E-state index contributed by atoms with van der Waals surface area (Å²) in [6.07, 6.45) is 0. The highest BCUT2D eigenvalue weighted by Gasteiger charge is 2.36. The van der Waals surface area contributed by atoms with Gasteiger partial charge >= 0.3 is 0 Å². The Morgan fingerprint density at radius 1 is 1.00 bits per heavy atom. The molecule has 0 bridgehead atoms. The van der Waals surface area contributed by atoms with E-state index in [1.165, 1.54) is 11.2 Å². The van der Waals surface area contributed by atoms with Gasteiger partial charge in [0, 0.05) is 38.2 Å². The van der Waals surface area contributed by atoms with Gasteiger partial charge in [0.25, 0.3) is 15.9 Å². The van der Waals surface area contributed by atoms with Crippen molar-refractivity contribution in [2.75, 3.05) is 19.6 Å². The molecule has 0 saturated carbocycles. The maximum Gasteiger partial charge on any atom is 0.253 e. The largest absolute Gasteiger partial charge is 0.336 e. The molecule has 1 atom stereocenters. The SMILES string of the molecule is CC(=O)c1cccc(-c2ccc(S(=O)(=O)N3CCN(C(=O)c4ccccc4)CC3C)s2)n1. The lowest BCUT2D eigenvalue weighted by Gasteiger charge is -2.38. The molecule has 1 unspecified atom stereocenters. The minimum Gasteiger partial charge on any atom is -0.336 e. The van der Waals surface area contributed by atoms with Crippen LogP contribution in [0.15, 0.2) is 64.9 Å². The highest BCUT2D eigenvalue weighted by Crippen LogP contribution is 2.33. The van der Waals surface area contributed by atoms with E-state index in [0.29, 0.717) is 34.9 Å². The van der Waals surface area contributed by atoms with Gasteiger partial charge in [-0.25, -0.2) is 13.4 Å². The van der Waals surface area contributed by atoms with E-state index in [4.69, 9.17) is 0 Å². The lowest BCUT2D eigenvalue weighted by Crippen LogP contribution is -2.55. The van der Waals surface area contributed by atoms with E-state index in [1.807, 2.05) is 25.1 Å². The number of Topliss-reactive ketones (excluding diaryl/α,β-unsaturated/α-hetero) is 1. The number of aromatic nitrogens is 1. The van der Waals surface area contributed by atoms with E-state index < -0.39 is 10.0 Å². The van der Waals surface area contributed by atoms with Crippen molar-refractivity contribution in [2.24, 2.45) is 0 Å². The summed E-state index contributed by atoms with van der Waals surface area (Å²) in [6.45, 7) is 4.15. The normalized spacial score (nSPS) is 17.3. The fourth-order valence-electron chi connectivity index (χ4n) is 3.73. The van der Waals surface area contributed by atoms with Crippen LogP contribution in [0, 0.1) is 0 Å². The van der Waals surface area contributed by atoms with Crippen molar-refractivity contribution in [3.05, 3.63) is 71.9 Å². The van der Waals surface area contributed by atoms with Crippen LogP contribution in [0.2, 0.25) is 0 Å². The van der Waals surface area contributed by atoms with Crippen molar-refractivity contribution in [1.82, 2.24) is 14.2 Å². The number of rotatable bonds is 5. The zero-order valence-electron chi connectivity index (χ0n) is 17.8. The molecule has 4 rings (SSSR count). The molecule has 0 radical (unpaired) electrons. The fraction of sp³-hybridized carbons (Fsp3) is 0.261. The number of nitrogens with zero attached hydrogens (tertiary/aromatic N) is 3. The molecule has 0 N–H and O–H groups in total. The van der Waals surface area contributed by atoms with E-state index in [9.17, 15) is 18.0 Å². The van der Waals surface area contributed by atoms with Crippen LogP contribution in [0.3, 0.4) is 0 Å². The van der Waals surface area contributed by atoms with E-state index in [-0.39, 0.29) is 28.5 Å². The topological polar surface area (TPSA) is 87.7 Å². The quantitative estimate of drug-likeness (QED) is 0.534. The van der Waals surface area contributed by atoms with Gasteiger partial charge in [-0.15, -0.1) is 11.3 Å². The van der Waals surface area contributed by atoms with Gasteiger partial charge in [-0.3, -0.25) is 9.59 Å². The van der Waals surface area contributed by atoms with Gasteiger partial charge in [0.2, 0.25) is 0 Å². The molecule has 1 aromatic carbocycles. The second-order valence-electron chi connectivity index (χ2n) is 7.66. The number of pyridine rings is 1. The van der Waals surface area contributed by atoms with Crippen LogP contribution < -0.4 is 0 Å². The Morgan fingerprint density at radius 3 is 2.44 bits per heavy atom. The van der Waals surface area contributed by atoms with Crippen LogP contribution in [-0.4, -0.2) is 60.0 Å². The first-order valence-electron chi connectivity index (χ1n) is 10.2. The molecule has 2 aromatic heterocycles. The number of carbonyl (C=O) groups excluding carboxylic acids is 2. The van der Waals surface area contributed by atoms with E-state index >= 15 is 0 Å². The Balaban J connectivity index is 1.52. The van der Waals surface area contributed by atoms with Gasteiger partial charge in [0.05, 0.1) is 10.6 Å². The first-order chi connectivity index (χ1) is 15.3. The standard InChI is InChI=1S/C23H23N3O4S2/c1-16-15-25(23(28)18-7-4-3-5-8-18)13-14-26(16)32(29,30)22-12-11-21(31-22)20-10-6-9-19(24-20)17(2)27/h3-12,16H,13-15H2,1-2H3. The number of sulfonamides is 1. The van der Waals surface area contributed by atoms with Crippen molar-refractivity contribution in [1.29, 1.82) is 0 Å². The van der Waals surface area contributed by atoms with Gasteiger partial charge in [-0.1, -0.05) is 24.3 Å². The second kappa shape index (κ2) is 8.93. The summed E-state index contributed by atoms with van der Waals surface area (Å²) in [5.41, 5.74) is 1.50. The van der Waals surface area contributed by atoms with Gasteiger partial charge < -0.3 is 4.90 Å².